The van der Waals surface area contributed by atoms with E-state index in [0.717, 1.165) is 29.8 Å². The number of ketones is 1. The van der Waals surface area contributed by atoms with Gasteiger partial charge in [-0.05, 0) is 26.7 Å². The molecule has 0 radical (unpaired) electrons. The van der Waals surface area contributed by atoms with Crippen molar-refractivity contribution in [1.29, 1.82) is 0 Å². The lowest BCUT2D eigenvalue weighted by molar-refractivity contribution is 0.101. The number of rotatable bonds is 6. The standard InChI is InChI=1S/C13H22N2O2/c1-6-11-13(10(4)16)12(7-2)15(14-11)9(3)8-17-5/h9H,6-8H2,1-5H3. The third-order valence-corrected chi connectivity index (χ3v) is 2.93. The summed E-state index contributed by atoms with van der Waals surface area (Å²) in [6, 6.07) is 0.161. The van der Waals surface area contributed by atoms with E-state index in [2.05, 4.69) is 18.9 Å². The van der Waals surface area contributed by atoms with E-state index in [1.807, 2.05) is 11.6 Å². The summed E-state index contributed by atoms with van der Waals surface area (Å²) < 4.78 is 7.10. The van der Waals surface area contributed by atoms with Gasteiger partial charge in [-0.15, -0.1) is 0 Å². The SMILES string of the molecule is CCc1nn(C(C)COC)c(CC)c1C(C)=O. The fraction of sp³-hybridized carbons (Fsp3) is 0.692. The predicted octanol–water partition coefficient (Wildman–Crippen LogP) is 2.42. The second-order valence-electron chi connectivity index (χ2n) is 4.28. The van der Waals surface area contributed by atoms with Crippen LogP contribution in [0.2, 0.25) is 0 Å². The Kier molecular flexibility index (Phi) is 4.87. The van der Waals surface area contributed by atoms with Gasteiger partial charge < -0.3 is 4.74 Å². The Morgan fingerprint density at radius 2 is 2.06 bits per heavy atom. The van der Waals surface area contributed by atoms with Gasteiger partial charge in [-0.3, -0.25) is 9.48 Å². The number of carbonyl (C=O) groups excluding carboxylic acids is 1. The van der Waals surface area contributed by atoms with Crippen molar-refractivity contribution in [2.75, 3.05) is 13.7 Å². The lowest BCUT2D eigenvalue weighted by Gasteiger charge is -2.14. The summed E-state index contributed by atoms with van der Waals surface area (Å²) in [5.41, 5.74) is 2.73. The van der Waals surface area contributed by atoms with Gasteiger partial charge in [-0.25, -0.2) is 0 Å². The molecule has 0 N–H and O–H groups in total. The second-order valence-corrected chi connectivity index (χ2v) is 4.28. The minimum atomic E-state index is 0.106. The molecular weight excluding hydrogens is 216 g/mol. The molecule has 0 aromatic carbocycles. The van der Waals surface area contributed by atoms with Crippen molar-refractivity contribution in [2.45, 2.75) is 46.6 Å². The summed E-state index contributed by atoms with van der Waals surface area (Å²) in [7, 11) is 1.68. The maximum absolute atomic E-state index is 11.7. The molecule has 1 rings (SSSR count). The molecule has 1 atom stereocenters. The molecule has 1 aromatic rings. The summed E-state index contributed by atoms with van der Waals surface area (Å²) in [6.07, 6.45) is 1.60. The van der Waals surface area contributed by atoms with E-state index in [0.29, 0.717) is 6.61 Å². The van der Waals surface area contributed by atoms with Crippen LogP contribution in [0, 0.1) is 0 Å². The van der Waals surface area contributed by atoms with Gasteiger partial charge in [0, 0.05) is 12.8 Å². The second kappa shape index (κ2) is 5.96. The Bertz CT molecular complexity index is 396. The molecular formula is C13H22N2O2. The van der Waals surface area contributed by atoms with Crippen molar-refractivity contribution in [3.63, 3.8) is 0 Å². The highest BCUT2D eigenvalue weighted by Crippen LogP contribution is 2.20. The molecule has 0 spiro atoms. The average Bonchev–Trinajstić information content (AvgIpc) is 2.67. The Morgan fingerprint density at radius 3 is 2.47 bits per heavy atom. The third kappa shape index (κ3) is 2.75. The summed E-state index contributed by atoms with van der Waals surface area (Å²) in [4.78, 5) is 11.7. The van der Waals surface area contributed by atoms with E-state index in [1.165, 1.54) is 0 Å². The number of carbonyl (C=O) groups is 1. The Hall–Kier alpha value is -1.16. The first-order valence-electron chi connectivity index (χ1n) is 6.16. The average molecular weight is 238 g/mol. The summed E-state index contributed by atoms with van der Waals surface area (Å²) in [5, 5.41) is 4.56. The summed E-state index contributed by atoms with van der Waals surface area (Å²) >= 11 is 0. The molecule has 96 valence electrons. The fourth-order valence-electron chi connectivity index (χ4n) is 2.19. The van der Waals surface area contributed by atoms with E-state index in [9.17, 15) is 4.79 Å². The monoisotopic (exact) mass is 238 g/mol. The zero-order valence-corrected chi connectivity index (χ0v) is 11.4. The van der Waals surface area contributed by atoms with Gasteiger partial charge in [-0.2, -0.15) is 5.10 Å². The first-order chi connectivity index (χ1) is 8.06. The topological polar surface area (TPSA) is 44.1 Å². The predicted molar refractivity (Wildman–Crippen MR) is 67.6 cm³/mol. The van der Waals surface area contributed by atoms with E-state index < -0.39 is 0 Å². The maximum atomic E-state index is 11.7. The molecule has 0 fully saturated rings. The highest BCUT2D eigenvalue weighted by molar-refractivity contribution is 5.96. The fourth-order valence-corrected chi connectivity index (χ4v) is 2.19. The molecule has 4 nitrogen and oxygen atoms in total. The molecule has 1 unspecified atom stereocenters. The zero-order valence-electron chi connectivity index (χ0n) is 11.4. The van der Waals surface area contributed by atoms with Crippen LogP contribution < -0.4 is 0 Å². The van der Waals surface area contributed by atoms with Gasteiger partial charge in [0.1, 0.15) is 0 Å². The lowest BCUT2D eigenvalue weighted by Crippen LogP contribution is -2.15. The number of nitrogens with zero attached hydrogens (tertiary/aromatic N) is 2. The molecule has 0 bridgehead atoms. The van der Waals surface area contributed by atoms with Crippen LogP contribution >= 0.6 is 0 Å². The van der Waals surface area contributed by atoms with E-state index >= 15 is 0 Å². The highest BCUT2D eigenvalue weighted by Gasteiger charge is 2.21. The van der Waals surface area contributed by atoms with Crippen LogP contribution in [-0.2, 0) is 17.6 Å². The molecule has 0 aliphatic heterocycles. The van der Waals surface area contributed by atoms with Gasteiger partial charge in [0.25, 0.3) is 0 Å². The molecule has 1 heterocycles. The van der Waals surface area contributed by atoms with Crippen molar-refractivity contribution in [3.05, 3.63) is 17.0 Å². The van der Waals surface area contributed by atoms with Gasteiger partial charge in [0.15, 0.2) is 5.78 Å². The van der Waals surface area contributed by atoms with E-state index in [1.54, 1.807) is 14.0 Å². The van der Waals surface area contributed by atoms with Gasteiger partial charge in [-0.1, -0.05) is 13.8 Å². The number of Topliss-reactive ketones (excluding diaryl/α,β-unsaturated/α-hetero) is 1. The van der Waals surface area contributed by atoms with Crippen molar-refractivity contribution in [1.82, 2.24) is 9.78 Å². The van der Waals surface area contributed by atoms with E-state index in [4.69, 9.17) is 4.74 Å². The molecule has 0 amide bonds. The van der Waals surface area contributed by atoms with Crippen LogP contribution in [0.5, 0.6) is 0 Å². The quantitative estimate of drug-likeness (QED) is 0.715. The minimum Gasteiger partial charge on any atom is -0.382 e. The molecule has 0 aliphatic rings. The minimum absolute atomic E-state index is 0.106. The Morgan fingerprint density at radius 1 is 1.41 bits per heavy atom. The number of ether oxygens (including phenoxy) is 1. The van der Waals surface area contributed by atoms with Crippen LogP contribution in [0.3, 0.4) is 0 Å². The number of methoxy groups -OCH3 is 1. The normalized spacial score (nSPS) is 12.8. The van der Waals surface area contributed by atoms with Crippen molar-refractivity contribution in [3.8, 4) is 0 Å². The molecule has 0 saturated carbocycles. The smallest absolute Gasteiger partial charge is 0.163 e. The van der Waals surface area contributed by atoms with Crippen LogP contribution in [-0.4, -0.2) is 29.3 Å². The van der Waals surface area contributed by atoms with Gasteiger partial charge in [0.2, 0.25) is 0 Å². The number of hydrogen-bond acceptors (Lipinski definition) is 3. The lowest BCUT2D eigenvalue weighted by atomic mass is 10.1. The van der Waals surface area contributed by atoms with Gasteiger partial charge >= 0.3 is 0 Å². The number of hydrogen-bond donors (Lipinski definition) is 0. The molecule has 4 heteroatoms. The van der Waals surface area contributed by atoms with Crippen molar-refractivity contribution < 1.29 is 9.53 Å². The van der Waals surface area contributed by atoms with E-state index in [-0.39, 0.29) is 11.8 Å². The largest absolute Gasteiger partial charge is 0.382 e. The van der Waals surface area contributed by atoms with Crippen LogP contribution in [0.1, 0.15) is 55.5 Å². The Balaban J connectivity index is 3.26. The molecule has 0 saturated heterocycles. The first-order valence-corrected chi connectivity index (χ1v) is 6.16. The van der Waals surface area contributed by atoms with Crippen LogP contribution in [0.4, 0.5) is 0 Å². The van der Waals surface area contributed by atoms with Crippen LogP contribution in [0.25, 0.3) is 0 Å². The Labute approximate surface area is 103 Å². The molecule has 17 heavy (non-hydrogen) atoms. The van der Waals surface area contributed by atoms with Crippen LogP contribution in [0.15, 0.2) is 0 Å². The maximum Gasteiger partial charge on any atom is 0.163 e. The molecule has 1 aromatic heterocycles. The van der Waals surface area contributed by atoms with Gasteiger partial charge in [0.05, 0.1) is 23.9 Å². The zero-order chi connectivity index (χ0) is 13.0. The summed E-state index contributed by atoms with van der Waals surface area (Å²) in [5.74, 6) is 0.106. The highest BCUT2D eigenvalue weighted by atomic mass is 16.5. The summed E-state index contributed by atoms with van der Waals surface area (Å²) in [6.45, 7) is 8.35. The van der Waals surface area contributed by atoms with Crippen molar-refractivity contribution in [2.24, 2.45) is 0 Å². The number of aromatic nitrogens is 2. The number of aryl methyl sites for hydroxylation is 1. The molecule has 0 aliphatic carbocycles. The third-order valence-electron chi connectivity index (χ3n) is 2.93. The first kappa shape index (κ1) is 13.9. The van der Waals surface area contributed by atoms with Crippen molar-refractivity contribution >= 4 is 5.78 Å².